The third-order valence-corrected chi connectivity index (χ3v) is 4.93. The van der Waals surface area contributed by atoms with Crippen LogP contribution in [0.25, 0.3) is 0 Å². The fourth-order valence-electron chi connectivity index (χ4n) is 3.30. The first-order valence-electron chi connectivity index (χ1n) is 9.47. The summed E-state index contributed by atoms with van der Waals surface area (Å²) in [5, 5.41) is 0. The van der Waals surface area contributed by atoms with Crippen molar-refractivity contribution in [2.45, 2.75) is 19.3 Å². The van der Waals surface area contributed by atoms with Crippen molar-refractivity contribution in [2.75, 3.05) is 46.4 Å². The van der Waals surface area contributed by atoms with Gasteiger partial charge in [0.1, 0.15) is 5.75 Å². The molecular formula is C22H31ClN2O. The molecule has 3 nitrogen and oxygen atoms in total. The Morgan fingerprint density at radius 1 is 0.846 bits per heavy atom. The van der Waals surface area contributed by atoms with Gasteiger partial charge in [-0.25, -0.2) is 0 Å². The van der Waals surface area contributed by atoms with Crippen LogP contribution in [0.15, 0.2) is 54.6 Å². The summed E-state index contributed by atoms with van der Waals surface area (Å²) in [4.78, 5) is 4.98. The third-order valence-electron chi connectivity index (χ3n) is 4.93. The van der Waals surface area contributed by atoms with Gasteiger partial charge < -0.3 is 14.5 Å². The first kappa shape index (κ1) is 20.8. The zero-order valence-electron chi connectivity index (χ0n) is 15.8. The van der Waals surface area contributed by atoms with E-state index in [0.717, 1.165) is 25.2 Å². The van der Waals surface area contributed by atoms with Gasteiger partial charge in [-0.2, -0.15) is 0 Å². The van der Waals surface area contributed by atoms with Crippen LogP contribution in [0.3, 0.4) is 0 Å². The summed E-state index contributed by atoms with van der Waals surface area (Å²) in [6.45, 7) is 6.81. The van der Waals surface area contributed by atoms with E-state index < -0.39 is 0 Å². The summed E-state index contributed by atoms with van der Waals surface area (Å²) in [6, 6.07) is 19.0. The highest BCUT2D eigenvalue weighted by Crippen LogP contribution is 2.21. The lowest BCUT2D eigenvalue weighted by Gasteiger charge is -2.32. The summed E-state index contributed by atoms with van der Waals surface area (Å²) in [5.74, 6) is 1.03. The molecule has 0 unspecified atom stereocenters. The van der Waals surface area contributed by atoms with E-state index in [2.05, 4.69) is 71.4 Å². The highest BCUT2D eigenvalue weighted by Gasteiger charge is 2.12. The number of unbranched alkanes of at least 4 members (excludes halogenated alkanes) is 1. The Bertz CT molecular complexity index is 627. The van der Waals surface area contributed by atoms with Crippen LogP contribution in [-0.2, 0) is 6.42 Å². The predicted molar refractivity (Wildman–Crippen MR) is 112 cm³/mol. The number of piperazine rings is 1. The molecule has 26 heavy (non-hydrogen) atoms. The van der Waals surface area contributed by atoms with Gasteiger partial charge in [-0.05, 0) is 43.6 Å². The number of likely N-dealkylation sites (N-methyl/N-ethyl adjacent to an activating group) is 1. The molecule has 3 rings (SSSR count). The highest BCUT2D eigenvalue weighted by atomic mass is 35.5. The van der Waals surface area contributed by atoms with Crippen LogP contribution in [0.1, 0.15) is 24.0 Å². The molecule has 1 saturated heterocycles. The first-order valence-corrected chi connectivity index (χ1v) is 9.47. The molecule has 0 aromatic heterocycles. The van der Waals surface area contributed by atoms with Crippen LogP contribution in [0, 0.1) is 0 Å². The number of nitrogens with zero attached hydrogens (tertiary/aromatic N) is 2. The molecule has 2 aromatic rings. The Morgan fingerprint density at radius 3 is 2.31 bits per heavy atom. The van der Waals surface area contributed by atoms with Gasteiger partial charge in [0.15, 0.2) is 0 Å². The fraction of sp³-hybridized carbons (Fsp3) is 0.455. The van der Waals surface area contributed by atoms with E-state index in [9.17, 15) is 0 Å². The quantitative estimate of drug-likeness (QED) is 0.647. The van der Waals surface area contributed by atoms with Gasteiger partial charge in [-0.3, -0.25) is 0 Å². The van der Waals surface area contributed by atoms with E-state index >= 15 is 0 Å². The molecular weight excluding hydrogens is 344 g/mol. The molecule has 0 saturated carbocycles. The molecule has 4 heteroatoms. The molecule has 0 spiro atoms. The molecule has 1 aliphatic rings. The average molecular weight is 375 g/mol. The summed E-state index contributed by atoms with van der Waals surface area (Å²) >= 11 is 0. The van der Waals surface area contributed by atoms with Crippen LogP contribution >= 0.6 is 12.4 Å². The van der Waals surface area contributed by atoms with Gasteiger partial charge in [-0.1, -0.05) is 48.5 Å². The summed E-state index contributed by atoms with van der Waals surface area (Å²) in [6.07, 6.45) is 3.26. The number of para-hydroxylation sites is 1. The Kier molecular flexibility index (Phi) is 8.96. The number of benzene rings is 2. The lowest BCUT2D eigenvalue weighted by molar-refractivity contribution is 0.150. The predicted octanol–water partition coefficient (Wildman–Crippen LogP) is 4.11. The maximum Gasteiger partial charge on any atom is 0.122 e. The minimum absolute atomic E-state index is 0. The molecule has 0 bridgehead atoms. The minimum Gasteiger partial charge on any atom is -0.493 e. The molecule has 0 aliphatic carbocycles. The molecule has 142 valence electrons. The first-order chi connectivity index (χ1) is 12.3. The highest BCUT2D eigenvalue weighted by molar-refractivity contribution is 5.85. The third kappa shape index (κ3) is 6.64. The maximum atomic E-state index is 6.09. The number of hydrogen-bond donors (Lipinski definition) is 0. The molecule has 2 aromatic carbocycles. The number of hydrogen-bond acceptors (Lipinski definition) is 3. The van der Waals surface area contributed by atoms with Gasteiger partial charge in [0, 0.05) is 32.6 Å². The fourth-order valence-corrected chi connectivity index (χ4v) is 3.30. The van der Waals surface area contributed by atoms with Crippen molar-refractivity contribution in [2.24, 2.45) is 0 Å². The standard InChI is InChI=1S/C22H30N2O.ClH/c1-23-14-16-24(17-15-23)13-7-8-18-25-22-12-6-5-11-21(22)19-20-9-3-2-4-10-20;/h2-6,9-12H,7-8,13-19H2,1H3;1H. The van der Waals surface area contributed by atoms with Gasteiger partial charge in [0.2, 0.25) is 0 Å². The zero-order chi connectivity index (χ0) is 17.3. The summed E-state index contributed by atoms with van der Waals surface area (Å²) in [5.41, 5.74) is 2.60. The Labute approximate surface area is 164 Å². The summed E-state index contributed by atoms with van der Waals surface area (Å²) < 4.78 is 6.09. The van der Waals surface area contributed by atoms with Crippen molar-refractivity contribution >= 4 is 12.4 Å². The Hall–Kier alpha value is -1.55. The lowest BCUT2D eigenvalue weighted by atomic mass is 10.0. The number of ether oxygens (including phenoxy) is 1. The van der Waals surface area contributed by atoms with Crippen molar-refractivity contribution in [3.8, 4) is 5.75 Å². The number of halogens is 1. The molecule has 1 aliphatic heterocycles. The maximum absolute atomic E-state index is 6.09. The number of rotatable bonds is 8. The van der Waals surface area contributed by atoms with Gasteiger partial charge in [0.05, 0.1) is 6.61 Å². The van der Waals surface area contributed by atoms with Crippen molar-refractivity contribution < 1.29 is 4.74 Å². The SMILES string of the molecule is CN1CCN(CCCCOc2ccccc2Cc2ccccc2)CC1.Cl. The van der Waals surface area contributed by atoms with Crippen LogP contribution in [0.5, 0.6) is 5.75 Å². The van der Waals surface area contributed by atoms with E-state index in [4.69, 9.17) is 4.74 Å². The summed E-state index contributed by atoms with van der Waals surface area (Å²) in [7, 11) is 2.21. The van der Waals surface area contributed by atoms with Crippen LogP contribution in [-0.4, -0.2) is 56.2 Å². The second-order valence-electron chi connectivity index (χ2n) is 6.97. The van der Waals surface area contributed by atoms with Gasteiger partial charge >= 0.3 is 0 Å². The normalized spacial score (nSPS) is 15.4. The molecule has 1 fully saturated rings. The van der Waals surface area contributed by atoms with Crippen molar-refractivity contribution in [3.63, 3.8) is 0 Å². The van der Waals surface area contributed by atoms with E-state index in [-0.39, 0.29) is 12.4 Å². The van der Waals surface area contributed by atoms with E-state index in [1.165, 1.54) is 50.3 Å². The minimum atomic E-state index is 0. The van der Waals surface area contributed by atoms with Crippen LogP contribution in [0.4, 0.5) is 0 Å². The van der Waals surface area contributed by atoms with E-state index in [1.807, 2.05) is 0 Å². The van der Waals surface area contributed by atoms with Crippen molar-refractivity contribution in [1.82, 2.24) is 9.80 Å². The molecule has 0 amide bonds. The monoisotopic (exact) mass is 374 g/mol. The Morgan fingerprint density at radius 2 is 1.54 bits per heavy atom. The zero-order valence-corrected chi connectivity index (χ0v) is 16.6. The largest absolute Gasteiger partial charge is 0.493 e. The van der Waals surface area contributed by atoms with Crippen molar-refractivity contribution in [1.29, 1.82) is 0 Å². The second kappa shape index (κ2) is 11.2. The van der Waals surface area contributed by atoms with E-state index in [0.29, 0.717) is 0 Å². The van der Waals surface area contributed by atoms with Crippen molar-refractivity contribution in [3.05, 3.63) is 65.7 Å². The van der Waals surface area contributed by atoms with Crippen LogP contribution in [0.2, 0.25) is 0 Å². The molecule has 0 radical (unpaired) electrons. The Balaban J connectivity index is 0.00000243. The van der Waals surface area contributed by atoms with Crippen LogP contribution < -0.4 is 4.74 Å². The smallest absolute Gasteiger partial charge is 0.122 e. The molecule has 0 atom stereocenters. The lowest BCUT2D eigenvalue weighted by Crippen LogP contribution is -2.44. The molecule has 1 heterocycles. The average Bonchev–Trinajstić information content (AvgIpc) is 2.65. The molecule has 0 N–H and O–H groups in total. The van der Waals surface area contributed by atoms with Gasteiger partial charge in [0.25, 0.3) is 0 Å². The van der Waals surface area contributed by atoms with Gasteiger partial charge in [-0.15, -0.1) is 12.4 Å². The van der Waals surface area contributed by atoms with E-state index in [1.54, 1.807) is 0 Å². The second-order valence-corrected chi connectivity index (χ2v) is 6.97. The topological polar surface area (TPSA) is 15.7 Å².